The first kappa shape index (κ1) is 19.5. The smallest absolute Gasteiger partial charge is 0.360 e. The minimum atomic E-state index is -1.04. The van der Waals surface area contributed by atoms with Crippen molar-refractivity contribution in [3.05, 3.63) is 82.9 Å². The highest BCUT2D eigenvalue weighted by molar-refractivity contribution is 5.93. The standard InChI is InChI=1S/C24H22FN3O3/c25-16-9-13-18(14-10-16)28-20-8-4-7-19(20)21(27-28)24(30)31-22(15-5-2-1-3-6-15)23(29)26-17-11-12-17/h1-3,5-6,9-10,13-14,17,22H,4,7-8,11-12H2,(H,26,29). The Kier molecular flexibility index (Phi) is 5.02. The van der Waals surface area contributed by atoms with Crippen LogP contribution in [-0.4, -0.2) is 27.7 Å². The third-order valence-corrected chi connectivity index (χ3v) is 5.68. The highest BCUT2D eigenvalue weighted by Crippen LogP contribution is 2.30. The Hall–Kier alpha value is -3.48. The maximum atomic E-state index is 13.3. The number of ether oxygens (including phenoxy) is 1. The molecule has 1 N–H and O–H groups in total. The molecule has 5 rings (SSSR count). The first-order chi connectivity index (χ1) is 15.1. The van der Waals surface area contributed by atoms with Crippen LogP contribution >= 0.6 is 0 Å². The predicted molar refractivity (Wildman–Crippen MR) is 111 cm³/mol. The molecule has 2 aliphatic carbocycles. The van der Waals surface area contributed by atoms with Crippen LogP contribution in [0.25, 0.3) is 5.69 Å². The fourth-order valence-corrected chi connectivity index (χ4v) is 3.97. The Bertz CT molecular complexity index is 1120. The number of carbonyl (C=O) groups excluding carboxylic acids is 2. The minimum Gasteiger partial charge on any atom is -0.442 e. The van der Waals surface area contributed by atoms with Crippen molar-refractivity contribution in [3.8, 4) is 5.69 Å². The molecule has 1 unspecified atom stereocenters. The van der Waals surface area contributed by atoms with Crippen molar-refractivity contribution in [2.24, 2.45) is 0 Å². The Morgan fingerprint density at radius 2 is 1.81 bits per heavy atom. The molecule has 0 spiro atoms. The topological polar surface area (TPSA) is 73.2 Å². The predicted octanol–water partition coefficient (Wildman–Crippen LogP) is 3.68. The maximum Gasteiger partial charge on any atom is 0.360 e. The number of benzene rings is 2. The van der Waals surface area contributed by atoms with E-state index in [4.69, 9.17) is 4.74 Å². The van der Waals surface area contributed by atoms with Crippen molar-refractivity contribution in [2.75, 3.05) is 0 Å². The van der Waals surface area contributed by atoms with Gasteiger partial charge in [-0.2, -0.15) is 5.10 Å². The van der Waals surface area contributed by atoms with Gasteiger partial charge in [0.1, 0.15) is 5.82 Å². The maximum absolute atomic E-state index is 13.3. The molecule has 31 heavy (non-hydrogen) atoms. The Morgan fingerprint density at radius 1 is 1.06 bits per heavy atom. The molecule has 1 heterocycles. The molecule has 0 aliphatic heterocycles. The minimum absolute atomic E-state index is 0.152. The van der Waals surface area contributed by atoms with Crippen molar-refractivity contribution < 1.29 is 18.7 Å². The van der Waals surface area contributed by atoms with Crippen LogP contribution in [0.15, 0.2) is 54.6 Å². The second-order valence-electron chi connectivity index (χ2n) is 7.99. The van der Waals surface area contributed by atoms with E-state index in [1.54, 1.807) is 28.9 Å². The van der Waals surface area contributed by atoms with Gasteiger partial charge in [0.05, 0.1) is 5.69 Å². The number of nitrogens with zero attached hydrogens (tertiary/aromatic N) is 2. The van der Waals surface area contributed by atoms with Gasteiger partial charge in [-0.05, 0) is 56.4 Å². The van der Waals surface area contributed by atoms with Crippen LogP contribution in [0.1, 0.15) is 52.7 Å². The van der Waals surface area contributed by atoms with Gasteiger partial charge in [0.2, 0.25) is 6.10 Å². The van der Waals surface area contributed by atoms with Crippen molar-refractivity contribution >= 4 is 11.9 Å². The number of rotatable bonds is 6. The van der Waals surface area contributed by atoms with E-state index in [1.807, 2.05) is 18.2 Å². The van der Waals surface area contributed by atoms with Gasteiger partial charge in [-0.25, -0.2) is 13.9 Å². The molecule has 2 aliphatic rings. The Balaban J connectivity index is 1.45. The SMILES string of the molecule is O=C(OC(C(=O)NC1CC1)c1ccccc1)c1nn(-c2ccc(F)cc2)c2c1CCC2. The van der Waals surface area contributed by atoms with Crippen molar-refractivity contribution in [2.45, 2.75) is 44.2 Å². The molecular weight excluding hydrogens is 397 g/mol. The van der Waals surface area contributed by atoms with Gasteiger partial charge in [-0.3, -0.25) is 4.79 Å². The van der Waals surface area contributed by atoms with Crippen molar-refractivity contribution in [1.29, 1.82) is 0 Å². The largest absolute Gasteiger partial charge is 0.442 e. The first-order valence-corrected chi connectivity index (χ1v) is 10.5. The van der Waals surface area contributed by atoms with Crippen LogP contribution in [0, 0.1) is 5.82 Å². The van der Waals surface area contributed by atoms with Crippen LogP contribution in [-0.2, 0) is 22.4 Å². The van der Waals surface area contributed by atoms with Gasteiger partial charge in [0, 0.05) is 22.9 Å². The summed E-state index contributed by atoms with van der Waals surface area (Å²) >= 11 is 0. The second-order valence-corrected chi connectivity index (χ2v) is 7.99. The lowest BCUT2D eigenvalue weighted by molar-refractivity contribution is -0.130. The number of halogens is 1. The summed E-state index contributed by atoms with van der Waals surface area (Å²) in [6.07, 6.45) is 3.23. The molecule has 0 bridgehead atoms. The molecule has 3 aromatic rings. The molecule has 7 heteroatoms. The van der Waals surface area contributed by atoms with Crippen molar-refractivity contribution in [1.82, 2.24) is 15.1 Å². The average molecular weight is 419 g/mol. The summed E-state index contributed by atoms with van der Waals surface area (Å²) in [6.45, 7) is 0. The van der Waals surface area contributed by atoms with Crippen LogP contribution in [0.3, 0.4) is 0 Å². The fraction of sp³-hybridized carbons (Fsp3) is 0.292. The first-order valence-electron chi connectivity index (χ1n) is 10.5. The molecule has 1 saturated carbocycles. The number of nitrogens with one attached hydrogen (secondary N) is 1. The summed E-state index contributed by atoms with van der Waals surface area (Å²) in [7, 11) is 0. The number of esters is 1. The molecule has 1 fully saturated rings. The molecule has 2 aromatic carbocycles. The fourth-order valence-electron chi connectivity index (χ4n) is 3.97. The third-order valence-electron chi connectivity index (χ3n) is 5.68. The van der Waals surface area contributed by atoms with E-state index in [1.165, 1.54) is 12.1 Å². The Labute approximate surface area is 179 Å². The molecule has 6 nitrogen and oxygen atoms in total. The van der Waals surface area contributed by atoms with E-state index in [0.29, 0.717) is 17.7 Å². The number of amides is 1. The number of fused-ring (bicyclic) bond motifs is 1. The van der Waals surface area contributed by atoms with E-state index in [2.05, 4.69) is 10.4 Å². The number of hydrogen-bond acceptors (Lipinski definition) is 4. The molecule has 1 atom stereocenters. The van der Waals surface area contributed by atoms with E-state index >= 15 is 0 Å². The molecule has 0 saturated heterocycles. The summed E-state index contributed by atoms with van der Waals surface area (Å²) in [5.74, 6) is -1.28. The quantitative estimate of drug-likeness (QED) is 0.619. The zero-order valence-corrected chi connectivity index (χ0v) is 16.9. The highest BCUT2D eigenvalue weighted by Gasteiger charge is 2.34. The van der Waals surface area contributed by atoms with Gasteiger partial charge in [-0.1, -0.05) is 30.3 Å². The van der Waals surface area contributed by atoms with E-state index in [0.717, 1.165) is 36.9 Å². The lowest BCUT2D eigenvalue weighted by atomic mass is 10.1. The van der Waals surface area contributed by atoms with Crippen LogP contribution in [0.4, 0.5) is 4.39 Å². The summed E-state index contributed by atoms with van der Waals surface area (Å²) in [5, 5.41) is 7.42. The lowest BCUT2D eigenvalue weighted by Gasteiger charge is -2.17. The third kappa shape index (κ3) is 3.95. The van der Waals surface area contributed by atoms with Crippen molar-refractivity contribution in [3.63, 3.8) is 0 Å². The molecular formula is C24H22FN3O3. The Morgan fingerprint density at radius 3 is 2.52 bits per heavy atom. The number of aromatic nitrogens is 2. The molecule has 158 valence electrons. The molecule has 1 aromatic heterocycles. The van der Waals surface area contributed by atoms with Gasteiger partial charge < -0.3 is 10.1 Å². The number of hydrogen-bond donors (Lipinski definition) is 1. The van der Waals surface area contributed by atoms with E-state index < -0.39 is 12.1 Å². The summed E-state index contributed by atoms with van der Waals surface area (Å²) in [6, 6.07) is 15.1. The summed E-state index contributed by atoms with van der Waals surface area (Å²) < 4.78 is 20.7. The second kappa shape index (κ2) is 7.98. The monoisotopic (exact) mass is 419 g/mol. The van der Waals surface area contributed by atoms with E-state index in [-0.39, 0.29) is 23.5 Å². The zero-order valence-electron chi connectivity index (χ0n) is 16.9. The summed E-state index contributed by atoms with van der Waals surface area (Å²) in [4.78, 5) is 26.0. The average Bonchev–Trinajstić information content (AvgIpc) is 3.33. The number of carbonyl (C=O) groups is 2. The van der Waals surface area contributed by atoms with Crippen LogP contribution in [0.2, 0.25) is 0 Å². The highest BCUT2D eigenvalue weighted by atomic mass is 19.1. The van der Waals surface area contributed by atoms with Gasteiger partial charge in [0.15, 0.2) is 5.69 Å². The van der Waals surface area contributed by atoms with E-state index in [9.17, 15) is 14.0 Å². The van der Waals surface area contributed by atoms with Crippen LogP contribution < -0.4 is 5.32 Å². The van der Waals surface area contributed by atoms with Gasteiger partial charge in [0.25, 0.3) is 5.91 Å². The molecule has 0 radical (unpaired) electrons. The molecule has 1 amide bonds. The van der Waals surface area contributed by atoms with Gasteiger partial charge in [-0.15, -0.1) is 0 Å². The van der Waals surface area contributed by atoms with Crippen LogP contribution in [0.5, 0.6) is 0 Å². The lowest BCUT2D eigenvalue weighted by Crippen LogP contribution is -2.33. The zero-order chi connectivity index (χ0) is 21.4. The summed E-state index contributed by atoms with van der Waals surface area (Å²) in [5.41, 5.74) is 3.28. The normalized spacial score (nSPS) is 15.9. The van der Waals surface area contributed by atoms with Gasteiger partial charge >= 0.3 is 5.97 Å².